The second-order valence-corrected chi connectivity index (χ2v) is 3.33. The van der Waals surface area contributed by atoms with Crippen molar-refractivity contribution in [2.75, 3.05) is 0 Å². The van der Waals surface area contributed by atoms with Crippen molar-refractivity contribution in [3.05, 3.63) is 0 Å². The predicted octanol–water partition coefficient (Wildman–Crippen LogP) is -1.16. The van der Waals surface area contributed by atoms with Crippen LogP contribution in [0.25, 0.3) is 0 Å². The van der Waals surface area contributed by atoms with Gasteiger partial charge >= 0.3 is 0 Å². The molecule has 76 valence electrons. The molecule has 0 saturated heterocycles. The first kappa shape index (κ1) is 10.8. The fraction of sp³-hybridized carbons (Fsp3) is 0.750. The lowest BCUT2D eigenvalue weighted by Crippen LogP contribution is -2.54. The van der Waals surface area contributed by atoms with Gasteiger partial charge in [-0.1, -0.05) is 0 Å². The van der Waals surface area contributed by atoms with Crippen LogP contribution in [0.15, 0.2) is 9.98 Å². The smallest absolute Gasteiger partial charge is 0.235 e. The Kier molecular flexibility index (Phi) is 3.68. The molecule has 1 aliphatic carbocycles. The van der Waals surface area contributed by atoms with Gasteiger partial charge in [-0.3, -0.25) is 0 Å². The third kappa shape index (κ3) is 2.13. The zero-order valence-electron chi connectivity index (χ0n) is 7.59. The molecule has 4 unspecified atom stereocenters. The van der Waals surface area contributed by atoms with Crippen molar-refractivity contribution < 1.29 is 9.59 Å². The first-order valence-corrected chi connectivity index (χ1v) is 4.36. The minimum absolute atomic E-state index is 0.293. The van der Waals surface area contributed by atoms with Crippen molar-refractivity contribution in [3.8, 4) is 0 Å². The molecule has 0 radical (unpaired) electrons. The highest BCUT2D eigenvalue weighted by molar-refractivity contribution is 5.37. The quantitative estimate of drug-likeness (QED) is 0.428. The van der Waals surface area contributed by atoms with Crippen LogP contribution in [0.1, 0.15) is 12.8 Å². The van der Waals surface area contributed by atoms with Gasteiger partial charge in [-0.05, 0) is 12.8 Å². The highest BCUT2D eigenvalue weighted by atomic mass is 16.1. The summed E-state index contributed by atoms with van der Waals surface area (Å²) in [4.78, 5) is 27.4. The number of rotatable bonds is 2. The van der Waals surface area contributed by atoms with Gasteiger partial charge < -0.3 is 11.5 Å². The summed E-state index contributed by atoms with van der Waals surface area (Å²) in [5.41, 5.74) is 11.5. The predicted molar refractivity (Wildman–Crippen MR) is 49.0 cm³/mol. The molecule has 1 rings (SSSR count). The van der Waals surface area contributed by atoms with Crippen LogP contribution in [-0.2, 0) is 9.59 Å². The van der Waals surface area contributed by atoms with Crippen molar-refractivity contribution in [1.82, 2.24) is 0 Å². The number of isocyanates is 2. The molecule has 6 nitrogen and oxygen atoms in total. The van der Waals surface area contributed by atoms with E-state index in [2.05, 4.69) is 9.98 Å². The Balaban J connectivity index is 2.90. The molecule has 0 bridgehead atoms. The van der Waals surface area contributed by atoms with Crippen LogP contribution in [0.4, 0.5) is 0 Å². The highest BCUT2D eigenvalue weighted by Crippen LogP contribution is 2.21. The molecule has 0 aromatic carbocycles. The van der Waals surface area contributed by atoms with Gasteiger partial charge in [0, 0.05) is 12.1 Å². The minimum Gasteiger partial charge on any atom is -0.326 e. The number of aliphatic imine (C=N–C) groups is 2. The molecular formula is C8H12N4O2. The van der Waals surface area contributed by atoms with Gasteiger partial charge in [-0.2, -0.15) is 9.98 Å². The number of hydrogen-bond acceptors (Lipinski definition) is 6. The van der Waals surface area contributed by atoms with Crippen molar-refractivity contribution in [2.45, 2.75) is 37.0 Å². The average molecular weight is 196 g/mol. The zero-order valence-corrected chi connectivity index (χ0v) is 7.59. The Hall–Kier alpha value is -1.32. The van der Waals surface area contributed by atoms with E-state index in [1.54, 1.807) is 0 Å². The van der Waals surface area contributed by atoms with Crippen LogP contribution in [-0.4, -0.2) is 36.3 Å². The molecule has 4 atom stereocenters. The van der Waals surface area contributed by atoms with Crippen molar-refractivity contribution in [2.24, 2.45) is 21.5 Å². The van der Waals surface area contributed by atoms with Gasteiger partial charge in [-0.25, -0.2) is 9.59 Å². The SMILES string of the molecule is NC1CCC(N)C(N=C=O)C1N=C=O. The Morgan fingerprint density at radius 1 is 0.929 bits per heavy atom. The van der Waals surface area contributed by atoms with Crippen LogP contribution < -0.4 is 11.5 Å². The summed E-state index contributed by atoms with van der Waals surface area (Å²) < 4.78 is 0. The van der Waals surface area contributed by atoms with Crippen LogP contribution >= 0.6 is 0 Å². The molecular weight excluding hydrogens is 184 g/mol. The molecule has 0 heterocycles. The lowest BCUT2D eigenvalue weighted by Gasteiger charge is -2.33. The maximum atomic E-state index is 10.1. The molecule has 0 spiro atoms. The fourth-order valence-electron chi connectivity index (χ4n) is 1.70. The Morgan fingerprint density at radius 3 is 1.57 bits per heavy atom. The van der Waals surface area contributed by atoms with E-state index in [0.29, 0.717) is 12.8 Å². The summed E-state index contributed by atoms with van der Waals surface area (Å²) >= 11 is 0. The maximum Gasteiger partial charge on any atom is 0.235 e. The van der Waals surface area contributed by atoms with E-state index in [0.717, 1.165) is 0 Å². The van der Waals surface area contributed by atoms with Crippen LogP contribution in [0.5, 0.6) is 0 Å². The van der Waals surface area contributed by atoms with Gasteiger partial charge in [-0.15, -0.1) is 0 Å². The van der Waals surface area contributed by atoms with Gasteiger partial charge in [0.1, 0.15) is 12.1 Å². The Labute approximate surface area is 81.1 Å². The van der Waals surface area contributed by atoms with Crippen LogP contribution in [0.2, 0.25) is 0 Å². The molecule has 1 saturated carbocycles. The lowest BCUT2D eigenvalue weighted by atomic mass is 9.84. The summed E-state index contributed by atoms with van der Waals surface area (Å²) in [6.45, 7) is 0. The van der Waals surface area contributed by atoms with Crippen molar-refractivity contribution in [1.29, 1.82) is 0 Å². The van der Waals surface area contributed by atoms with Crippen LogP contribution in [0, 0.1) is 0 Å². The molecule has 14 heavy (non-hydrogen) atoms. The second kappa shape index (κ2) is 4.79. The minimum atomic E-state index is -0.544. The molecule has 1 fully saturated rings. The third-order valence-electron chi connectivity index (χ3n) is 2.46. The molecule has 0 aromatic rings. The molecule has 6 heteroatoms. The van der Waals surface area contributed by atoms with E-state index in [1.807, 2.05) is 0 Å². The van der Waals surface area contributed by atoms with Crippen molar-refractivity contribution >= 4 is 12.2 Å². The van der Waals surface area contributed by atoms with Crippen LogP contribution in [0.3, 0.4) is 0 Å². The van der Waals surface area contributed by atoms with E-state index >= 15 is 0 Å². The maximum absolute atomic E-state index is 10.1. The zero-order chi connectivity index (χ0) is 10.6. The first-order chi connectivity index (χ1) is 6.70. The van der Waals surface area contributed by atoms with E-state index in [9.17, 15) is 9.59 Å². The third-order valence-corrected chi connectivity index (χ3v) is 2.46. The molecule has 0 amide bonds. The van der Waals surface area contributed by atoms with Gasteiger partial charge in [0.25, 0.3) is 0 Å². The normalized spacial score (nSPS) is 36.7. The standard InChI is InChI=1S/C8H12N4O2/c9-5-1-2-6(10)8(12-4-14)7(5)11-3-13/h5-8H,1-2,9-10H2. The Morgan fingerprint density at radius 2 is 1.29 bits per heavy atom. The Bertz CT molecular complexity index is 264. The monoisotopic (exact) mass is 196 g/mol. The summed E-state index contributed by atoms with van der Waals surface area (Å²) in [5.74, 6) is 0. The summed E-state index contributed by atoms with van der Waals surface area (Å²) in [5, 5.41) is 0. The van der Waals surface area contributed by atoms with E-state index in [4.69, 9.17) is 11.5 Å². The molecule has 1 aliphatic rings. The largest absolute Gasteiger partial charge is 0.326 e. The first-order valence-electron chi connectivity index (χ1n) is 4.36. The number of carbonyl (C=O) groups excluding carboxylic acids is 2. The molecule has 4 N–H and O–H groups in total. The second-order valence-electron chi connectivity index (χ2n) is 3.33. The van der Waals surface area contributed by atoms with E-state index in [-0.39, 0.29) is 12.1 Å². The summed E-state index contributed by atoms with van der Waals surface area (Å²) in [6.07, 6.45) is 4.19. The number of nitrogens with zero attached hydrogens (tertiary/aromatic N) is 2. The summed E-state index contributed by atoms with van der Waals surface area (Å²) in [6, 6.07) is -1.67. The lowest BCUT2D eigenvalue weighted by molar-refractivity contribution is 0.304. The average Bonchev–Trinajstić information content (AvgIpc) is 2.17. The molecule has 0 aromatic heterocycles. The molecule has 0 aliphatic heterocycles. The van der Waals surface area contributed by atoms with Crippen molar-refractivity contribution in [3.63, 3.8) is 0 Å². The number of nitrogens with two attached hydrogens (primary N) is 2. The van der Waals surface area contributed by atoms with Gasteiger partial charge in [0.05, 0.1) is 0 Å². The van der Waals surface area contributed by atoms with E-state index < -0.39 is 12.1 Å². The fourth-order valence-corrected chi connectivity index (χ4v) is 1.70. The van der Waals surface area contributed by atoms with E-state index in [1.165, 1.54) is 12.2 Å². The number of hydrogen-bond donors (Lipinski definition) is 2. The van der Waals surface area contributed by atoms with Gasteiger partial charge in [0.15, 0.2) is 0 Å². The topological polar surface area (TPSA) is 111 Å². The van der Waals surface area contributed by atoms with Gasteiger partial charge in [0.2, 0.25) is 12.2 Å². The summed E-state index contributed by atoms with van der Waals surface area (Å²) in [7, 11) is 0. The highest BCUT2D eigenvalue weighted by Gasteiger charge is 2.36.